The van der Waals surface area contributed by atoms with Crippen LogP contribution in [0.5, 0.6) is 0 Å². The number of ether oxygens (including phenoxy) is 1. The zero-order valence-electron chi connectivity index (χ0n) is 6.42. The fourth-order valence-corrected chi connectivity index (χ4v) is 0.819. The highest BCUT2D eigenvalue weighted by Gasteiger charge is 2.27. The minimum Gasteiger partial charge on any atom is -0.376 e. The highest BCUT2D eigenvalue weighted by Crippen LogP contribution is 2.27. The first-order valence-corrected chi connectivity index (χ1v) is 3.17. The first-order chi connectivity index (χ1) is 5.24. The Morgan fingerprint density at radius 1 is 1.60 bits per heavy atom. The van der Waals surface area contributed by atoms with Crippen molar-refractivity contribution in [1.29, 1.82) is 0 Å². The topological polar surface area (TPSA) is 69.4 Å². The van der Waals surface area contributed by atoms with Crippen LogP contribution in [0.15, 0.2) is 0 Å². The van der Waals surface area contributed by atoms with E-state index in [9.17, 15) is 9.59 Å². The summed E-state index contributed by atoms with van der Waals surface area (Å²) in [6, 6.07) is 0. The second-order valence-electron chi connectivity index (χ2n) is 2.34. The molecule has 10 heavy (non-hydrogen) atoms. The van der Waals surface area contributed by atoms with E-state index in [0.29, 0.717) is 0 Å². The van der Waals surface area contributed by atoms with Crippen LogP contribution in [-0.4, -0.2) is 12.1 Å². The van der Waals surface area contributed by atoms with E-state index >= 15 is 0 Å². The molecule has 4 nitrogen and oxygen atoms in total. The number of primary amides is 1. The van der Waals surface area contributed by atoms with Gasteiger partial charge in [0.05, 0.1) is 5.92 Å². The molecule has 1 fully saturated rings. The van der Waals surface area contributed by atoms with Crippen LogP contribution in [0.25, 0.3) is 0 Å². The standard InChI is InChI=1S/C6H9NO3/c7-6(9)10-5(8)4-2-1-3-4/h4H,1-3H2,(H2,7,9)/i/hD. The Morgan fingerprint density at radius 2 is 2.30 bits per heavy atom. The lowest BCUT2D eigenvalue weighted by Gasteiger charge is -2.21. The van der Waals surface area contributed by atoms with E-state index in [1.807, 2.05) is 0 Å². The van der Waals surface area contributed by atoms with Crippen LogP contribution in [0.4, 0.5) is 4.79 Å². The van der Waals surface area contributed by atoms with Gasteiger partial charge < -0.3 is 10.5 Å². The Labute approximate surface area is 59.8 Å². The van der Waals surface area contributed by atoms with E-state index in [-0.39, 0.29) is 5.92 Å². The summed E-state index contributed by atoms with van der Waals surface area (Å²) in [4.78, 5) is 21.2. The maximum Gasteiger partial charge on any atom is 0.412 e. The summed E-state index contributed by atoms with van der Waals surface area (Å²) in [5, 5.41) is 0. The van der Waals surface area contributed by atoms with E-state index in [1.54, 1.807) is 0 Å². The molecule has 0 aromatic carbocycles. The van der Waals surface area contributed by atoms with Gasteiger partial charge in [-0.3, -0.25) is 4.79 Å². The van der Waals surface area contributed by atoms with Gasteiger partial charge in [0.1, 0.15) is 0 Å². The molecule has 2 N–H and O–H groups in total. The fourth-order valence-electron chi connectivity index (χ4n) is 0.819. The second kappa shape index (κ2) is 2.68. The van der Waals surface area contributed by atoms with Gasteiger partial charge in [0.2, 0.25) is 0 Å². The summed E-state index contributed by atoms with van der Waals surface area (Å²) in [6.45, 7) is 0. The van der Waals surface area contributed by atoms with E-state index in [0.717, 1.165) is 19.3 Å². The average Bonchev–Trinajstić information content (AvgIpc) is 1.83. The smallest absolute Gasteiger partial charge is 0.376 e. The summed E-state index contributed by atoms with van der Waals surface area (Å²) >= 11 is 0. The largest absolute Gasteiger partial charge is 0.412 e. The Balaban J connectivity index is 2.25. The summed E-state index contributed by atoms with van der Waals surface area (Å²) in [5.74, 6) is -0.631. The van der Waals surface area contributed by atoms with E-state index < -0.39 is 12.1 Å². The molecular weight excluding hydrogens is 134 g/mol. The maximum absolute atomic E-state index is 10.8. The fraction of sp³-hybridized carbons (Fsp3) is 0.667. The number of carbonyl (C=O) groups is 2. The van der Waals surface area contributed by atoms with Crippen LogP contribution in [0.2, 0.25) is 1.41 Å². The molecule has 56 valence electrons. The van der Waals surface area contributed by atoms with Gasteiger partial charge in [-0.15, -0.1) is 0 Å². The third kappa shape index (κ3) is 1.46. The van der Waals surface area contributed by atoms with Gasteiger partial charge >= 0.3 is 12.1 Å². The lowest BCUT2D eigenvalue weighted by atomic mass is 9.86. The Morgan fingerprint density at radius 3 is 2.70 bits per heavy atom. The molecule has 0 aromatic heterocycles. The number of hydrogen-bond acceptors (Lipinski definition) is 3. The zero-order valence-corrected chi connectivity index (χ0v) is 5.42. The molecule has 0 radical (unpaired) electrons. The van der Waals surface area contributed by atoms with Crippen LogP contribution in [-0.2, 0) is 9.53 Å². The minimum absolute atomic E-state index is 0.118. The molecule has 0 aliphatic heterocycles. The lowest BCUT2D eigenvalue weighted by molar-refractivity contribution is -0.144. The van der Waals surface area contributed by atoms with Crippen molar-refractivity contribution in [3.05, 3.63) is 0 Å². The normalized spacial score (nSPS) is 18.6. The van der Waals surface area contributed by atoms with Crippen molar-refractivity contribution < 1.29 is 15.7 Å². The molecule has 0 unspecified atom stereocenters. The number of hydrogen-bond donors (Lipinski definition) is 1. The van der Waals surface area contributed by atoms with Crippen LogP contribution in [0, 0.1) is 5.92 Å². The maximum atomic E-state index is 10.8. The van der Waals surface area contributed by atoms with Crippen molar-refractivity contribution in [3.63, 3.8) is 0 Å². The van der Waals surface area contributed by atoms with Gasteiger partial charge in [0, 0.05) is 0 Å². The number of rotatable bonds is 1. The van der Waals surface area contributed by atoms with Crippen molar-refractivity contribution in [1.82, 2.24) is 0 Å². The van der Waals surface area contributed by atoms with Gasteiger partial charge in [-0.25, -0.2) is 4.79 Å². The third-order valence-electron chi connectivity index (χ3n) is 1.63. The Kier molecular flexibility index (Phi) is 1.53. The molecule has 0 bridgehead atoms. The molecule has 4 heteroatoms. The molecular formula is C6H9NO3. The molecule has 0 atom stereocenters. The summed E-state index contributed by atoms with van der Waals surface area (Å²) in [7, 11) is 0. The Bertz CT molecular complexity index is 179. The van der Waals surface area contributed by atoms with Crippen molar-refractivity contribution in [2.45, 2.75) is 19.3 Å². The van der Waals surface area contributed by atoms with Crippen LogP contribution >= 0.6 is 0 Å². The number of esters is 1. The molecule has 1 aliphatic carbocycles. The SMILES string of the molecule is [2H]NC(=O)OC(=O)C1CCC1. The predicted octanol–water partition coefficient (Wildman–Crippen LogP) is 0.408. The Hall–Kier alpha value is -1.06. The molecule has 0 aromatic rings. The van der Waals surface area contributed by atoms with Crippen LogP contribution in [0.3, 0.4) is 0 Å². The molecule has 1 saturated carbocycles. The van der Waals surface area contributed by atoms with Crippen molar-refractivity contribution in [3.8, 4) is 0 Å². The molecule has 0 saturated heterocycles. The van der Waals surface area contributed by atoms with E-state index in [4.69, 9.17) is 1.41 Å². The summed E-state index contributed by atoms with van der Waals surface area (Å²) < 4.78 is 10.6. The molecule has 0 heterocycles. The number of nitrogens with two attached hydrogens (primary N) is 1. The monoisotopic (exact) mass is 144 g/mol. The number of amides is 1. The third-order valence-corrected chi connectivity index (χ3v) is 1.63. The molecule has 1 aliphatic rings. The summed E-state index contributed by atoms with van der Waals surface area (Å²) in [6.07, 6.45) is 1.61. The molecule has 1 rings (SSSR count). The van der Waals surface area contributed by atoms with Crippen molar-refractivity contribution in [2.24, 2.45) is 11.6 Å². The molecule has 1 amide bonds. The van der Waals surface area contributed by atoms with Gasteiger partial charge in [-0.2, -0.15) is 0 Å². The van der Waals surface area contributed by atoms with Gasteiger partial charge in [0.15, 0.2) is 1.41 Å². The van der Waals surface area contributed by atoms with Crippen LogP contribution in [0.1, 0.15) is 19.3 Å². The highest BCUT2D eigenvalue weighted by molar-refractivity contribution is 5.85. The van der Waals surface area contributed by atoms with Gasteiger partial charge in [-0.05, 0) is 12.8 Å². The minimum atomic E-state index is -0.998. The predicted molar refractivity (Wildman–Crippen MR) is 33.0 cm³/mol. The van der Waals surface area contributed by atoms with Crippen LogP contribution < -0.4 is 5.73 Å². The first kappa shape index (κ1) is 5.70. The first-order valence-electron chi connectivity index (χ1n) is 3.67. The van der Waals surface area contributed by atoms with Gasteiger partial charge in [0.25, 0.3) is 0 Å². The zero-order chi connectivity index (χ0) is 8.27. The molecule has 0 spiro atoms. The highest BCUT2D eigenvalue weighted by atomic mass is 16.6. The summed E-state index contributed by atoms with van der Waals surface area (Å²) in [5.41, 5.74) is 1.47. The van der Waals surface area contributed by atoms with Crippen molar-refractivity contribution in [2.75, 3.05) is 0 Å². The number of carbonyl (C=O) groups excluding carboxylic acids is 2. The van der Waals surface area contributed by atoms with Gasteiger partial charge in [-0.1, -0.05) is 6.42 Å². The quantitative estimate of drug-likeness (QED) is 0.428. The lowest BCUT2D eigenvalue weighted by Crippen LogP contribution is -2.28. The van der Waals surface area contributed by atoms with Crippen molar-refractivity contribution >= 4 is 12.1 Å². The second-order valence-corrected chi connectivity index (χ2v) is 2.34. The van der Waals surface area contributed by atoms with E-state index in [1.165, 1.54) is 5.73 Å². The van der Waals surface area contributed by atoms with E-state index in [2.05, 4.69) is 4.74 Å². The average molecular weight is 144 g/mol.